The van der Waals surface area contributed by atoms with Crippen LogP contribution in [-0.2, 0) is 9.59 Å². The summed E-state index contributed by atoms with van der Waals surface area (Å²) in [6, 6.07) is 14.1. The monoisotopic (exact) mass is 356 g/mol. The number of hydrogen-bond acceptors (Lipinski definition) is 3. The molecule has 3 aromatic rings. The van der Waals surface area contributed by atoms with Gasteiger partial charge in [0, 0.05) is 11.9 Å². The minimum Gasteiger partial charge on any atom is -0.349 e. The molecular formula is C18H17ClN4O2. The lowest BCUT2D eigenvalue weighted by Crippen LogP contribution is -2.31. The highest BCUT2D eigenvalue weighted by Gasteiger charge is 2.18. The second-order valence-electron chi connectivity index (χ2n) is 5.65. The van der Waals surface area contributed by atoms with E-state index >= 15 is 0 Å². The van der Waals surface area contributed by atoms with Crippen LogP contribution in [0, 0.1) is 0 Å². The Labute approximate surface area is 149 Å². The van der Waals surface area contributed by atoms with Gasteiger partial charge in [-0.05, 0) is 29.8 Å². The number of hydrogen-bond donors (Lipinski definition) is 2. The third kappa shape index (κ3) is 4.16. The lowest BCUT2D eigenvalue weighted by molar-refractivity contribution is -0.120. The SMILES string of the molecule is CC(=O)N[C@H](CC(=O)Nn1cnc2ccccc21)c1ccc(Cl)cc1. The zero-order chi connectivity index (χ0) is 17.8. The van der Waals surface area contributed by atoms with Crippen molar-refractivity contribution in [2.45, 2.75) is 19.4 Å². The second kappa shape index (κ2) is 7.36. The van der Waals surface area contributed by atoms with Crippen LogP contribution in [0.5, 0.6) is 0 Å². The molecule has 0 bridgehead atoms. The Hall–Kier alpha value is -2.86. The number of benzene rings is 2. The largest absolute Gasteiger partial charge is 0.349 e. The minimum atomic E-state index is -0.440. The second-order valence-corrected chi connectivity index (χ2v) is 6.08. The van der Waals surface area contributed by atoms with Gasteiger partial charge >= 0.3 is 0 Å². The van der Waals surface area contributed by atoms with Crippen LogP contribution in [0.1, 0.15) is 24.9 Å². The van der Waals surface area contributed by atoms with E-state index in [1.165, 1.54) is 6.92 Å². The number of fused-ring (bicyclic) bond motifs is 1. The first-order chi connectivity index (χ1) is 12.0. The first-order valence-corrected chi connectivity index (χ1v) is 8.15. The van der Waals surface area contributed by atoms with Gasteiger partial charge in [-0.1, -0.05) is 35.9 Å². The Morgan fingerprint density at radius 3 is 2.60 bits per heavy atom. The number of para-hydroxylation sites is 2. The molecule has 1 aromatic heterocycles. The Morgan fingerprint density at radius 1 is 1.16 bits per heavy atom. The molecular weight excluding hydrogens is 340 g/mol. The van der Waals surface area contributed by atoms with E-state index in [9.17, 15) is 9.59 Å². The zero-order valence-corrected chi connectivity index (χ0v) is 14.3. The lowest BCUT2D eigenvalue weighted by atomic mass is 10.0. The summed E-state index contributed by atoms with van der Waals surface area (Å²) in [5.74, 6) is -0.447. The maximum Gasteiger partial charge on any atom is 0.241 e. The molecule has 1 heterocycles. The van der Waals surface area contributed by atoms with Crippen molar-refractivity contribution < 1.29 is 9.59 Å². The van der Waals surface area contributed by atoms with E-state index in [0.29, 0.717) is 5.02 Å². The molecule has 0 aliphatic heterocycles. The normalized spacial score (nSPS) is 11.9. The number of halogens is 1. The van der Waals surface area contributed by atoms with E-state index in [2.05, 4.69) is 15.7 Å². The summed E-state index contributed by atoms with van der Waals surface area (Å²) < 4.78 is 1.57. The average molecular weight is 357 g/mol. The van der Waals surface area contributed by atoms with Gasteiger partial charge in [0.1, 0.15) is 6.33 Å². The number of rotatable bonds is 5. The fourth-order valence-electron chi connectivity index (χ4n) is 2.61. The first-order valence-electron chi connectivity index (χ1n) is 7.77. The van der Waals surface area contributed by atoms with E-state index in [1.807, 2.05) is 24.3 Å². The average Bonchev–Trinajstić information content (AvgIpc) is 2.98. The predicted octanol–water partition coefficient (Wildman–Crippen LogP) is 3.03. The van der Waals surface area contributed by atoms with Gasteiger partial charge in [0.2, 0.25) is 11.8 Å². The number of nitrogens with one attached hydrogen (secondary N) is 2. The zero-order valence-electron chi connectivity index (χ0n) is 13.6. The molecule has 0 spiro atoms. The van der Waals surface area contributed by atoms with Gasteiger partial charge in [0.25, 0.3) is 0 Å². The fraction of sp³-hybridized carbons (Fsp3) is 0.167. The van der Waals surface area contributed by atoms with Crippen molar-refractivity contribution in [3.8, 4) is 0 Å². The molecule has 3 rings (SSSR count). The molecule has 2 amide bonds. The summed E-state index contributed by atoms with van der Waals surface area (Å²) in [6.07, 6.45) is 1.64. The number of amides is 2. The third-order valence-electron chi connectivity index (χ3n) is 3.74. The van der Waals surface area contributed by atoms with Gasteiger partial charge in [0.05, 0.1) is 23.5 Å². The van der Waals surface area contributed by atoms with E-state index < -0.39 is 6.04 Å². The molecule has 128 valence electrons. The number of imidazole rings is 1. The number of carbonyl (C=O) groups is 2. The van der Waals surface area contributed by atoms with Crippen LogP contribution in [0.3, 0.4) is 0 Å². The molecule has 2 N–H and O–H groups in total. The van der Waals surface area contributed by atoms with Crippen LogP contribution >= 0.6 is 11.6 Å². The third-order valence-corrected chi connectivity index (χ3v) is 3.99. The van der Waals surface area contributed by atoms with E-state index in [1.54, 1.807) is 35.3 Å². The molecule has 7 heteroatoms. The number of carbonyl (C=O) groups excluding carboxylic acids is 2. The van der Waals surface area contributed by atoms with Crippen molar-refractivity contribution in [1.82, 2.24) is 15.0 Å². The summed E-state index contributed by atoms with van der Waals surface area (Å²) >= 11 is 5.90. The molecule has 25 heavy (non-hydrogen) atoms. The first kappa shape index (κ1) is 17.0. The van der Waals surface area contributed by atoms with Crippen molar-refractivity contribution >= 4 is 34.4 Å². The maximum absolute atomic E-state index is 12.4. The van der Waals surface area contributed by atoms with Crippen LogP contribution in [0.15, 0.2) is 54.9 Å². The van der Waals surface area contributed by atoms with Crippen LogP contribution < -0.4 is 10.7 Å². The van der Waals surface area contributed by atoms with E-state index in [4.69, 9.17) is 11.6 Å². The quantitative estimate of drug-likeness (QED) is 0.737. The van der Waals surface area contributed by atoms with Crippen LogP contribution in [0.4, 0.5) is 0 Å². The molecule has 0 radical (unpaired) electrons. The van der Waals surface area contributed by atoms with Crippen molar-refractivity contribution in [2.75, 3.05) is 5.43 Å². The fourth-order valence-corrected chi connectivity index (χ4v) is 2.73. The van der Waals surface area contributed by atoms with Crippen LogP contribution in [0.25, 0.3) is 11.0 Å². The summed E-state index contributed by atoms with van der Waals surface area (Å²) in [5, 5.41) is 3.39. The molecule has 6 nitrogen and oxygen atoms in total. The molecule has 0 saturated carbocycles. The predicted molar refractivity (Wildman–Crippen MR) is 96.7 cm³/mol. The van der Waals surface area contributed by atoms with Crippen molar-refractivity contribution in [1.29, 1.82) is 0 Å². The highest BCUT2D eigenvalue weighted by Crippen LogP contribution is 2.20. The van der Waals surface area contributed by atoms with Gasteiger partial charge < -0.3 is 5.32 Å². The summed E-state index contributed by atoms with van der Waals surface area (Å²) in [4.78, 5) is 28.2. The van der Waals surface area contributed by atoms with Crippen molar-refractivity contribution in [3.63, 3.8) is 0 Å². The van der Waals surface area contributed by atoms with Gasteiger partial charge in [-0.3, -0.25) is 15.0 Å². The smallest absolute Gasteiger partial charge is 0.241 e. The Kier molecular flexibility index (Phi) is 5.00. The standard InChI is InChI=1S/C18H17ClN4O2/c1-12(24)21-16(13-6-8-14(19)9-7-13)10-18(25)22-23-11-20-15-4-2-3-5-17(15)23/h2-9,11,16H,10H2,1H3,(H,21,24)(H,22,25)/t16-/m1/s1. The molecule has 0 aliphatic carbocycles. The Bertz CT molecular complexity index is 905. The number of nitrogens with zero attached hydrogens (tertiary/aromatic N) is 2. The van der Waals surface area contributed by atoms with Gasteiger partial charge in [-0.2, -0.15) is 0 Å². The van der Waals surface area contributed by atoms with Gasteiger partial charge in [0.15, 0.2) is 0 Å². The topological polar surface area (TPSA) is 76.0 Å². The molecule has 0 aliphatic rings. The van der Waals surface area contributed by atoms with Crippen LogP contribution in [0.2, 0.25) is 5.02 Å². The molecule has 0 unspecified atom stereocenters. The highest BCUT2D eigenvalue weighted by molar-refractivity contribution is 6.30. The van der Waals surface area contributed by atoms with Gasteiger partial charge in [-0.25, -0.2) is 9.66 Å². The summed E-state index contributed by atoms with van der Waals surface area (Å²) in [6.45, 7) is 1.42. The number of aromatic nitrogens is 2. The molecule has 0 fully saturated rings. The molecule has 0 saturated heterocycles. The summed E-state index contributed by atoms with van der Waals surface area (Å²) in [5.41, 5.74) is 5.19. The highest BCUT2D eigenvalue weighted by atomic mass is 35.5. The van der Waals surface area contributed by atoms with Gasteiger partial charge in [-0.15, -0.1) is 0 Å². The molecule has 2 aromatic carbocycles. The van der Waals surface area contributed by atoms with E-state index in [0.717, 1.165) is 16.6 Å². The Morgan fingerprint density at radius 2 is 1.88 bits per heavy atom. The molecule has 1 atom stereocenters. The minimum absolute atomic E-state index is 0.0910. The summed E-state index contributed by atoms with van der Waals surface area (Å²) in [7, 11) is 0. The van der Waals surface area contributed by atoms with E-state index in [-0.39, 0.29) is 18.2 Å². The maximum atomic E-state index is 12.4. The van der Waals surface area contributed by atoms with Crippen molar-refractivity contribution in [2.24, 2.45) is 0 Å². The van der Waals surface area contributed by atoms with Crippen LogP contribution in [-0.4, -0.2) is 21.5 Å². The lowest BCUT2D eigenvalue weighted by Gasteiger charge is -2.18. The van der Waals surface area contributed by atoms with Crippen molar-refractivity contribution in [3.05, 3.63) is 65.4 Å². The Balaban J connectivity index is 1.75.